The number of amides is 1. The second-order valence-corrected chi connectivity index (χ2v) is 8.78. The lowest BCUT2D eigenvalue weighted by Crippen LogP contribution is -2.30. The Balaban J connectivity index is 1.50. The summed E-state index contributed by atoms with van der Waals surface area (Å²) in [5, 5.41) is 12.6. The SMILES string of the molecule is O=C(C1=C(O)C(=O)N(Cc2ccco2)C1c1cccc(OCc2ccccc2)c1)c1cccs1. The topological polar surface area (TPSA) is 80.0 Å². The van der Waals surface area contributed by atoms with E-state index in [1.807, 2.05) is 48.5 Å². The van der Waals surface area contributed by atoms with Crippen molar-refractivity contribution >= 4 is 23.0 Å². The summed E-state index contributed by atoms with van der Waals surface area (Å²) in [7, 11) is 0. The molecular formula is C27H21NO5S. The van der Waals surface area contributed by atoms with E-state index in [2.05, 4.69) is 0 Å². The zero-order valence-electron chi connectivity index (χ0n) is 18.1. The van der Waals surface area contributed by atoms with Crippen LogP contribution in [0.25, 0.3) is 0 Å². The zero-order chi connectivity index (χ0) is 23.5. The minimum atomic E-state index is -0.785. The van der Waals surface area contributed by atoms with Gasteiger partial charge in [0.25, 0.3) is 5.91 Å². The molecule has 0 radical (unpaired) electrons. The van der Waals surface area contributed by atoms with Gasteiger partial charge < -0.3 is 19.2 Å². The van der Waals surface area contributed by atoms with E-state index < -0.39 is 17.7 Å². The molecule has 1 unspecified atom stereocenters. The molecule has 6 nitrogen and oxygen atoms in total. The Morgan fingerprint density at radius 2 is 1.88 bits per heavy atom. The van der Waals surface area contributed by atoms with E-state index in [9.17, 15) is 14.7 Å². The average Bonchev–Trinajstić information content (AvgIpc) is 3.63. The van der Waals surface area contributed by atoms with Crippen molar-refractivity contribution in [2.45, 2.75) is 19.2 Å². The van der Waals surface area contributed by atoms with Crippen molar-refractivity contribution in [1.29, 1.82) is 0 Å². The van der Waals surface area contributed by atoms with Crippen LogP contribution in [-0.2, 0) is 17.9 Å². The van der Waals surface area contributed by atoms with Crippen molar-refractivity contribution < 1.29 is 23.8 Å². The number of rotatable bonds is 8. The van der Waals surface area contributed by atoms with Crippen LogP contribution in [0.5, 0.6) is 5.75 Å². The molecule has 1 aliphatic rings. The largest absolute Gasteiger partial charge is 0.503 e. The number of thiophene rings is 1. The molecule has 0 saturated heterocycles. The third kappa shape index (κ3) is 4.25. The number of ether oxygens (including phenoxy) is 1. The van der Waals surface area contributed by atoms with Crippen LogP contribution >= 0.6 is 11.3 Å². The number of nitrogens with zero attached hydrogens (tertiary/aromatic N) is 1. The van der Waals surface area contributed by atoms with Gasteiger partial charge in [-0.05, 0) is 46.8 Å². The molecule has 3 heterocycles. The molecule has 170 valence electrons. The highest BCUT2D eigenvalue weighted by molar-refractivity contribution is 7.12. The second-order valence-electron chi connectivity index (χ2n) is 7.83. The summed E-state index contributed by atoms with van der Waals surface area (Å²) >= 11 is 1.27. The monoisotopic (exact) mass is 471 g/mol. The fraction of sp³-hybridized carbons (Fsp3) is 0.111. The molecule has 0 spiro atoms. The van der Waals surface area contributed by atoms with Crippen molar-refractivity contribution in [2.24, 2.45) is 0 Å². The lowest BCUT2D eigenvalue weighted by molar-refractivity contribution is -0.130. The summed E-state index contributed by atoms with van der Waals surface area (Å²) < 4.78 is 11.4. The number of ketones is 1. The second kappa shape index (κ2) is 9.41. The van der Waals surface area contributed by atoms with Gasteiger partial charge >= 0.3 is 0 Å². The van der Waals surface area contributed by atoms with Gasteiger partial charge in [0.1, 0.15) is 18.1 Å². The van der Waals surface area contributed by atoms with Gasteiger partial charge in [0.05, 0.1) is 29.3 Å². The van der Waals surface area contributed by atoms with Gasteiger partial charge in [0.15, 0.2) is 5.76 Å². The lowest BCUT2D eigenvalue weighted by Gasteiger charge is -2.26. The minimum absolute atomic E-state index is 0.0548. The molecule has 5 rings (SSSR count). The quantitative estimate of drug-likeness (QED) is 0.334. The van der Waals surface area contributed by atoms with Crippen LogP contribution in [0.1, 0.15) is 32.6 Å². The molecule has 0 fully saturated rings. The fourth-order valence-corrected chi connectivity index (χ4v) is 4.70. The highest BCUT2D eigenvalue weighted by Crippen LogP contribution is 2.41. The van der Waals surface area contributed by atoms with Crippen molar-refractivity contribution in [3.63, 3.8) is 0 Å². The van der Waals surface area contributed by atoms with Gasteiger partial charge in [-0.15, -0.1) is 11.3 Å². The van der Waals surface area contributed by atoms with E-state index in [1.54, 1.807) is 35.7 Å². The van der Waals surface area contributed by atoms with Gasteiger partial charge in [-0.1, -0.05) is 48.5 Å². The summed E-state index contributed by atoms with van der Waals surface area (Å²) in [6.45, 7) is 0.489. The van der Waals surface area contributed by atoms with Crippen molar-refractivity contribution in [2.75, 3.05) is 0 Å². The average molecular weight is 472 g/mol. The minimum Gasteiger partial charge on any atom is -0.503 e. The van der Waals surface area contributed by atoms with E-state index in [-0.39, 0.29) is 17.9 Å². The number of carbonyl (C=O) groups is 2. The number of hydrogen-bond donors (Lipinski definition) is 1. The molecular weight excluding hydrogens is 450 g/mol. The Kier molecular flexibility index (Phi) is 6.01. The van der Waals surface area contributed by atoms with E-state index >= 15 is 0 Å². The first-order valence-electron chi connectivity index (χ1n) is 10.7. The van der Waals surface area contributed by atoms with Crippen LogP contribution in [0.3, 0.4) is 0 Å². The molecule has 34 heavy (non-hydrogen) atoms. The molecule has 1 amide bonds. The Bertz CT molecular complexity index is 1330. The Morgan fingerprint density at radius 3 is 2.62 bits per heavy atom. The maximum absolute atomic E-state index is 13.4. The molecule has 7 heteroatoms. The number of aliphatic hydroxyl groups is 1. The van der Waals surface area contributed by atoms with Crippen molar-refractivity contribution in [3.05, 3.63) is 124 Å². The molecule has 0 aliphatic carbocycles. The zero-order valence-corrected chi connectivity index (χ0v) is 18.9. The predicted molar refractivity (Wildman–Crippen MR) is 128 cm³/mol. The van der Waals surface area contributed by atoms with E-state index in [1.165, 1.54) is 22.5 Å². The summed E-state index contributed by atoms with van der Waals surface area (Å²) in [4.78, 5) is 28.3. The highest BCUT2D eigenvalue weighted by atomic mass is 32.1. The standard InChI is InChI=1S/C27H21NO5S/c29-25(22-12-6-14-34-22)23-24(28(27(31)26(23)30)16-21-11-5-13-32-21)19-9-4-10-20(15-19)33-17-18-7-2-1-3-8-18/h1-15,24,30H,16-17H2. The van der Waals surface area contributed by atoms with Gasteiger partial charge in [0, 0.05) is 0 Å². The summed E-state index contributed by atoms with van der Waals surface area (Å²) in [6.07, 6.45) is 1.52. The molecule has 4 aromatic rings. The molecule has 2 aromatic carbocycles. The van der Waals surface area contributed by atoms with Crippen molar-refractivity contribution in [1.82, 2.24) is 4.90 Å². The Hall–Kier alpha value is -4.10. The van der Waals surface area contributed by atoms with Crippen LogP contribution in [-0.4, -0.2) is 21.7 Å². The Morgan fingerprint density at radius 1 is 1.03 bits per heavy atom. The summed E-state index contributed by atoms with van der Waals surface area (Å²) in [6, 6.07) is 23.2. The van der Waals surface area contributed by atoms with Crippen LogP contribution in [0.4, 0.5) is 0 Å². The first-order chi connectivity index (χ1) is 16.6. The van der Waals surface area contributed by atoms with Crippen LogP contribution in [0.2, 0.25) is 0 Å². The summed E-state index contributed by atoms with van der Waals surface area (Å²) in [5.74, 6) is -0.376. The third-order valence-corrected chi connectivity index (χ3v) is 6.49. The molecule has 2 aromatic heterocycles. The number of benzene rings is 2. The van der Waals surface area contributed by atoms with Gasteiger partial charge in [-0.3, -0.25) is 9.59 Å². The van der Waals surface area contributed by atoms with Gasteiger partial charge in [-0.2, -0.15) is 0 Å². The first kappa shape index (κ1) is 21.7. The lowest BCUT2D eigenvalue weighted by atomic mass is 9.95. The number of furan rings is 1. The third-order valence-electron chi connectivity index (χ3n) is 5.62. The molecule has 1 N–H and O–H groups in total. The normalized spacial score (nSPS) is 15.7. The smallest absolute Gasteiger partial charge is 0.290 e. The first-order valence-corrected chi connectivity index (χ1v) is 11.6. The maximum atomic E-state index is 13.4. The molecule has 0 bridgehead atoms. The van der Waals surface area contributed by atoms with Crippen LogP contribution in [0.15, 0.2) is 106 Å². The van der Waals surface area contributed by atoms with Gasteiger partial charge in [-0.25, -0.2) is 0 Å². The van der Waals surface area contributed by atoms with Crippen LogP contribution in [0, 0.1) is 0 Å². The Labute approximate surface area is 200 Å². The molecule has 1 aliphatic heterocycles. The predicted octanol–water partition coefficient (Wildman–Crippen LogP) is 5.70. The van der Waals surface area contributed by atoms with E-state index in [4.69, 9.17) is 9.15 Å². The maximum Gasteiger partial charge on any atom is 0.290 e. The number of Topliss-reactive ketones (excluding diaryl/α,β-unsaturated/α-hetero) is 1. The number of carbonyl (C=O) groups excluding carboxylic acids is 2. The molecule has 1 atom stereocenters. The summed E-state index contributed by atoms with van der Waals surface area (Å²) in [5.41, 5.74) is 1.74. The highest BCUT2D eigenvalue weighted by Gasteiger charge is 2.44. The van der Waals surface area contributed by atoms with E-state index in [0.717, 1.165) is 5.56 Å². The van der Waals surface area contributed by atoms with Crippen molar-refractivity contribution in [3.8, 4) is 5.75 Å². The number of hydrogen-bond acceptors (Lipinski definition) is 6. The fourth-order valence-electron chi connectivity index (χ4n) is 4.02. The number of aliphatic hydroxyl groups excluding tert-OH is 1. The van der Waals surface area contributed by atoms with Crippen LogP contribution < -0.4 is 4.74 Å². The van der Waals surface area contributed by atoms with E-state index in [0.29, 0.717) is 28.6 Å². The van der Waals surface area contributed by atoms with Gasteiger partial charge in [0.2, 0.25) is 5.78 Å². The molecule has 0 saturated carbocycles.